The molecule has 0 amide bonds. The smallest absolute Gasteiger partial charge is 0.323 e. The molecule has 1 aliphatic carbocycles. The van der Waals surface area contributed by atoms with Crippen molar-refractivity contribution in [3.63, 3.8) is 0 Å². The molecule has 1 aliphatic rings. The van der Waals surface area contributed by atoms with Crippen LogP contribution in [0, 0.1) is 0 Å². The number of anilines is 1. The van der Waals surface area contributed by atoms with Gasteiger partial charge in [-0.3, -0.25) is 0 Å². The van der Waals surface area contributed by atoms with Gasteiger partial charge in [-0.15, -0.1) is 0 Å². The minimum atomic E-state index is 0.238. The largest absolute Gasteiger partial charge is 0.460 e. The summed E-state index contributed by atoms with van der Waals surface area (Å²) in [5.41, 5.74) is 0. The summed E-state index contributed by atoms with van der Waals surface area (Å²) in [7, 11) is 0. The van der Waals surface area contributed by atoms with Crippen molar-refractivity contribution in [3.05, 3.63) is 18.5 Å². The zero-order chi connectivity index (χ0) is 13.1. The first kappa shape index (κ1) is 11.9. The molecule has 2 heterocycles. The van der Waals surface area contributed by atoms with Gasteiger partial charge in [0.15, 0.2) is 0 Å². The van der Waals surface area contributed by atoms with Gasteiger partial charge < -0.3 is 10.1 Å². The van der Waals surface area contributed by atoms with Crippen LogP contribution >= 0.6 is 0 Å². The standard InChI is InChI=1S/C12H16N6O/c1-2-13-10-15-11(18-8-4-7-14-18)17-12(16-10)19-9-5-3-6-9/h4,7-9H,2-3,5-6H2,1H3,(H,13,15,16,17). The molecule has 0 bridgehead atoms. The maximum Gasteiger partial charge on any atom is 0.323 e. The predicted molar refractivity (Wildman–Crippen MR) is 69.4 cm³/mol. The first-order valence-corrected chi connectivity index (χ1v) is 6.52. The van der Waals surface area contributed by atoms with E-state index >= 15 is 0 Å². The van der Waals surface area contributed by atoms with E-state index < -0.39 is 0 Å². The summed E-state index contributed by atoms with van der Waals surface area (Å²) in [6, 6.07) is 2.18. The van der Waals surface area contributed by atoms with Crippen LogP contribution in [-0.4, -0.2) is 37.4 Å². The Bertz CT molecular complexity index is 537. The van der Waals surface area contributed by atoms with Gasteiger partial charge in [0.05, 0.1) is 0 Å². The number of hydrogen-bond donors (Lipinski definition) is 1. The summed E-state index contributed by atoms with van der Waals surface area (Å²) in [6.07, 6.45) is 7.06. The normalized spacial score (nSPS) is 15.0. The van der Waals surface area contributed by atoms with Gasteiger partial charge in [-0.2, -0.15) is 20.1 Å². The molecule has 0 spiro atoms. The number of rotatable bonds is 5. The molecule has 3 rings (SSSR count). The van der Waals surface area contributed by atoms with E-state index in [9.17, 15) is 0 Å². The van der Waals surface area contributed by atoms with Crippen LogP contribution in [0.15, 0.2) is 18.5 Å². The summed E-state index contributed by atoms with van der Waals surface area (Å²) in [5.74, 6) is 0.975. The third kappa shape index (κ3) is 2.64. The monoisotopic (exact) mass is 260 g/mol. The quantitative estimate of drug-likeness (QED) is 0.876. The average Bonchev–Trinajstić information content (AvgIpc) is 2.88. The summed E-state index contributed by atoms with van der Waals surface area (Å²) < 4.78 is 7.33. The number of ether oxygens (including phenoxy) is 1. The molecule has 0 atom stereocenters. The maximum atomic E-state index is 5.73. The van der Waals surface area contributed by atoms with E-state index in [0.29, 0.717) is 17.9 Å². The molecule has 2 aromatic heterocycles. The van der Waals surface area contributed by atoms with Crippen molar-refractivity contribution in [2.24, 2.45) is 0 Å². The molecular weight excluding hydrogens is 244 g/mol. The fourth-order valence-electron chi connectivity index (χ4n) is 1.76. The number of hydrogen-bond acceptors (Lipinski definition) is 6. The van der Waals surface area contributed by atoms with Crippen molar-refractivity contribution in [1.82, 2.24) is 24.7 Å². The minimum absolute atomic E-state index is 0.238. The van der Waals surface area contributed by atoms with Crippen LogP contribution in [0.3, 0.4) is 0 Å². The van der Waals surface area contributed by atoms with Crippen molar-refractivity contribution in [2.75, 3.05) is 11.9 Å². The molecule has 0 aromatic carbocycles. The highest BCUT2D eigenvalue weighted by atomic mass is 16.5. The molecule has 1 fully saturated rings. The van der Waals surface area contributed by atoms with E-state index in [0.717, 1.165) is 19.4 Å². The van der Waals surface area contributed by atoms with E-state index in [-0.39, 0.29) is 6.10 Å². The van der Waals surface area contributed by atoms with Gasteiger partial charge in [-0.1, -0.05) is 0 Å². The second kappa shape index (κ2) is 5.21. The van der Waals surface area contributed by atoms with Gasteiger partial charge in [-0.25, -0.2) is 4.68 Å². The second-order valence-corrected chi connectivity index (χ2v) is 4.39. The Morgan fingerprint density at radius 3 is 2.89 bits per heavy atom. The van der Waals surface area contributed by atoms with Crippen LogP contribution < -0.4 is 10.1 Å². The van der Waals surface area contributed by atoms with Crippen LogP contribution in [-0.2, 0) is 0 Å². The summed E-state index contributed by atoms with van der Waals surface area (Å²) in [5, 5.41) is 7.20. The Labute approximate surface area is 111 Å². The lowest BCUT2D eigenvalue weighted by molar-refractivity contribution is 0.108. The lowest BCUT2D eigenvalue weighted by atomic mass is 9.96. The van der Waals surface area contributed by atoms with Crippen molar-refractivity contribution in [1.29, 1.82) is 0 Å². The lowest BCUT2D eigenvalue weighted by Gasteiger charge is -2.25. The molecule has 7 nitrogen and oxygen atoms in total. The Morgan fingerprint density at radius 2 is 2.26 bits per heavy atom. The summed E-state index contributed by atoms with van der Waals surface area (Å²) >= 11 is 0. The van der Waals surface area contributed by atoms with Gasteiger partial charge in [0.25, 0.3) is 5.95 Å². The topological polar surface area (TPSA) is 77.8 Å². The van der Waals surface area contributed by atoms with Gasteiger partial charge in [-0.05, 0) is 32.3 Å². The minimum Gasteiger partial charge on any atom is -0.460 e. The lowest BCUT2D eigenvalue weighted by Crippen LogP contribution is -2.26. The van der Waals surface area contributed by atoms with E-state index in [1.165, 1.54) is 6.42 Å². The van der Waals surface area contributed by atoms with Gasteiger partial charge in [0, 0.05) is 18.9 Å². The Hall–Kier alpha value is -2.18. The van der Waals surface area contributed by atoms with Crippen LogP contribution in [0.5, 0.6) is 6.01 Å². The van der Waals surface area contributed by atoms with Crippen molar-refractivity contribution < 1.29 is 4.74 Å². The van der Waals surface area contributed by atoms with E-state index in [2.05, 4.69) is 25.4 Å². The van der Waals surface area contributed by atoms with Crippen molar-refractivity contribution >= 4 is 5.95 Å². The van der Waals surface area contributed by atoms with E-state index in [1.807, 2.05) is 13.0 Å². The zero-order valence-corrected chi connectivity index (χ0v) is 10.8. The zero-order valence-electron chi connectivity index (χ0n) is 10.8. The van der Waals surface area contributed by atoms with Crippen molar-refractivity contribution in [2.45, 2.75) is 32.3 Å². The van der Waals surface area contributed by atoms with Gasteiger partial charge in [0.1, 0.15) is 6.10 Å². The molecule has 2 aromatic rings. The molecule has 0 aliphatic heterocycles. The average molecular weight is 260 g/mol. The van der Waals surface area contributed by atoms with Crippen molar-refractivity contribution in [3.8, 4) is 12.0 Å². The SMILES string of the molecule is CCNc1nc(OC2CCC2)nc(-n2cccn2)n1. The second-order valence-electron chi connectivity index (χ2n) is 4.39. The first-order chi connectivity index (χ1) is 9.35. The fraction of sp³-hybridized carbons (Fsp3) is 0.500. The molecular formula is C12H16N6O. The molecule has 0 saturated heterocycles. The third-order valence-corrected chi connectivity index (χ3v) is 2.97. The fourth-order valence-corrected chi connectivity index (χ4v) is 1.76. The maximum absolute atomic E-state index is 5.73. The number of nitrogens with zero attached hydrogens (tertiary/aromatic N) is 5. The molecule has 19 heavy (non-hydrogen) atoms. The highest BCUT2D eigenvalue weighted by Crippen LogP contribution is 2.23. The molecule has 7 heteroatoms. The highest BCUT2D eigenvalue weighted by molar-refractivity contribution is 5.29. The highest BCUT2D eigenvalue weighted by Gasteiger charge is 2.21. The molecule has 1 saturated carbocycles. The van der Waals surface area contributed by atoms with E-state index in [4.69, 9.17) is 4.74 Å². The summed E-state index contributed by atoms with van der Waals surface area (Å²) in [4.78, 5) is 12.9. The van der Waals surface area contributed by atoms with Crippen LogP contribution in [0.4, 0.5) is 5.95 Å². The number of aromatic nitrogens is 5. The molecule has 1 N–H and O–H groups in total. The summed E-state index contributed by atoms with van der Waals surface area (Å²) in [6.45, 7) is 2.73. The Morgan fingerprint density at radius 1 is 1.37 bits per heavy atom. The van der Waals surface area contributed by atoms with Crippen LogP contribution in [0.25, 0.3) is 5.95 Å². The van der Waals surface area contributed by atoms with E-state index in [1.54, 1.807) is 17.1 Å². The Kier molecular flexibility index (Phi) is 3.26. The van der Waals surface area contributed by atoms with Gasteiger partial charge >= 0.3 is 6.01 Å². The predicted octanol–water partition coefficient (Wildman–Crippen LogP) is 1.42. The first-order valence-electron chi connectivity index (χ1n) is 6.52. The van der Waals surface area contributed by atoms with Crippen LogP contribution in [0.2, 0.25) is 0 Å². The third-order valence-electron chi connectivity index (χ3n) is 2.97. The number of nitrogens with one attached hydrogen (secondary N) is 1. The Balaban J connectivity index is 1.89. The molecule has 0 unspecified atom stereocenters. The van der Waals surface area contributed by atoms with Gasteiger partial charge in [0.2, 0.25) is 5.95 Å². The molecule has 0 radical (unpaired) electrons. The van der Waals surface area contributed by atoms with Crippen LogP contribution in [0.1, 0.15) is 26.2 Å². The molecule has 100 valence electrons.